The van der Waals surface area contributed by atoms with Crippen molar-refractivity contribution in [3.8, 4) is 5.75 Å². The number of hydrogen-bond donors (Lipinski definition) is 1. The molecule has 178 valence electrons. The first-order valence-electron chi connectivity index (χ1n) is 12.5. The highest BCUT2D eigenvalue weighted by molar-refractivity contribution is 6.09. The van der Waals surface area contributed by atoms with Gasteiger partial charge in [0.15, 0.2) is 0 Å². The molecule has 0 saturated heterocycles. The van der Waals surface area contributed by atoms with Crippen molar-refractivity contribution in [2.75, 3.05) is 30.4 Å². The Morgan fingerprint density at radius 3 is 2.44 bits per heavy atom. The predicted molar refractivity (Wildman–Crippen MR) is 141 cm³/mol. The quantitative estimate of drug-likeness (QED) is 0.465. The van der Waals surface area contributed by atoms with Crippen molar-refractivity contribution in [2.24, 2.45) is 5.92 Å². The van der Waals surface area contributed by atoms with Gasteiger partial charge in [0.1, 0.15) is 5.75 Å². The number of anilines is 2. The van der Waals surface area contributed by atoms with Crippen LogP contribution in [0, 0.1) is 12.8 Å². The van der Waals surface area contributed by atoms with Crippen LogP contribution >= 0.6 is 0 Å². The molecule has 0 spiro atoms. The summed E-state index contributed by atoms with van der Waals surface area (Å²) in [4.78, 5) is 15.6. The Bertz CT molecular complexity index is 1080. The molecular formula is C30H36N2O2. The number of rotatable bonds is 4. The fraction of sp³-hybridized carbons (Fsp3) is 0.367. The van der Waals surface area contributed by atoms with Crippen LogP contribution in [0.15, 0.2) is 72.8 Å². The molecular weight excluding hydrogens is 420 g/mol. The zero-order chi connectivity index (χ0) is 23.8. The first-order valence-corrected chi connectivity index (χ1v) is 12.5. The molecule has 4 nitrogen and oxygen atoms in total. The maximum Gasteiger partial charge on any atom is 0.260 e. The SMILES string of the molecule is COc1ccc(N2CCCCC(Cc3ccccc3C)CCCNc3ccccc3C2=O)cc1. The first-order chi connectivity index (χ1) is 16.7. The molecule has 0 aliphatic carbocycles. The number of para-hydroxylation sites is 1. The Morgan fingerprint density at radius 1 is 0.912 bits per heavy atom. The van der Waals surface area contributed by atoms with Crippen molar-refractivity contribution >= 4 is 17.3 Å². The lowest BCUT2D eigenvalue weighted by molar-refractivity contribution is 0.0987. The van der Waals surface area contributed by atoms with Crippen LogP contribution in [0.3, 0.4) is 0 Å². The second-order valence-electron chi connectivity index (χ2n) is 9.26. The van der Waals surface area contributed by atoms with E-state index in [1.807, 2.05) is 53.4 Å². The zero-order valence-corrected chi connectivity index (χ0v) is 20.4. The molecule has 34 heavy (non-hydrogen) atoms. The van der Waals surface area contributed by atoms with Gasteiger partial charge in [0.25, 0.3) is 5.91 Å². The molecule has 1 N–H and O–H groups in total. The topological polar surface area (TPSA) is 41.6 Å². The van der Waals surface area contributed by atoms with Crippen molar-refractivity contribution in [2.45, 2.75) is 45.4 Å². The molecule has 0 radical (unpaired) electrons. The molecule has 1 unspecified atom stereocenters. The van der Waals surface area contributed by atoms with Gasteiger partial charge in [-0.05, 0) is 86.1 Å². The molecule has 1 heterocycles. The van der Waals surface area contributed by atoms with Gasteiger partial charge in [-0.25, -0.2) is 0 Å². The molecule has 3 aromatic rings. The summed E-state index contributed by atoms with van der Waals surface area (Å²) in [6.45, 7) is 3.79. The van der Waals surface area contributed by atoms with Crippen LogP contribution in [0.4, 0.5) is 11.4 Å². The number of hydrogen-bond acceptors (Lipinski definition) is 3. The van der Waals surface area contributed by atoms with Crippen molar-refractivity contribution < 1.29 is 9.53 Å². The summed E-state index contributed by atoms with van der Waals surface area (Å²) in [5.41, 5.74) is 5.40. The summed E-state index contributed by atoms with van der Waals surface area (Å²) in [7, 11) is 1.66. The molecule has 0 saturated carbocycles. The fourth-order valence-corrected chi connectivity index (χ4v) is 4.89. The number of aryl methyl sites for hydroxylation is 1. The number of amides is 1. The summed E-state index contributed by atoms with van der Waals surface area (Å²) in [5, 5.41) is 3.55. The van der Waals surface area contributed by atoms with Crippen molar-refractivity contribution in [3.63, 3.8) is 0 Å². The highest BCUT2D eigenvalue weighted by atomic mass is 16.5. The van der Waals surface area contributed by atoms with E-state index < -0.39 is 0 Å². The van der Waals surface area contributed by atoms with Gasteiger partial charge in [0.05, 0.1) is 12.7 Å². The highest BCUT2D eigenvalue weighted by Gasteiger charge is 2.21. The second kappa shape index (κ2) is 11.7. The maximum atomic E-state index is 13.7. The molecule has 0 fully saturated rings. The van der Waals surface area contributed by atoms with E-state index in [1.165, 1.54) is 24.0 Å². The Labute approximate surface area is 204 Å². The van der Waals surface area contributed by atoms with Crippen molar-refractivity contribution in [3.05, 3.63) is 89.5 Å². The lowest BCUT2D eigenvalue weighted by atomic mass is 9.88. The average Bonchev–Trinajstić information content (AvgIpc) is 2.88. The summed E-state index contributed by atoms with van der Waals surface area (Å²) < 4.78 is 5.32. The van der Waals surface area contributed by atoms with Gasteiger partial charge in [-0.2, -0.15) is 0 Å². The molecule has 0 aromatic heterocycles. The first kappa shape index (κ1) is 23.9. The van der Waals surface area contributed by atoms with E-state index in [-0.39, 0.29) is 5.91 Å². The Kier molecular flexibility index (Phi) is 8.24. The largest absolute Gasteiger partial charge is 0.497 e. The third-order valence-corrected chi connectivity index (χ3v) is 6.91. The minimum Gasteiger partial charge on any atom is -0.497 e. The number of methoxy groups -OCH3 is 1. The molecule has 3 aromatic carbocycles. The van der Waals surface area contributed by atoms with E-state index in [4.69, 9.17) is 4.74 Å². The molecule has 1 aliphatic heterocycles. The van der Waals surface area contributed by atoms with Crippen LogP contribution < -0.4 is 15.0 Å². The number of nitrogens with one attached hydrogen (secondary N) is 1. The third-order valence-electron chi connectivity index (χ3n) is 6.91. The van der Waals surface area contributed by atoms with Gasteiger partial charge in [0.2, 0.25) is 0 Å². The summed E-state index contributed by atoms with van der Waals surface area (Å²) in [5.74, 6) is 1.50. The van der Waals surface area contributed by atoms with Crippen LogP contribution in [-0.2, 0) is 6.42 Å². The maximum absolute atomic E-state index is 13.7. The van der Waals surface area contributed by atoms with Crippen LogP contribution in [0.25, 0.3) is 0 Å². The van der Waals surface area contributed by atoms with E-state index in [2.05, 4.69) is 36.5 Å². The van der Waals surface area contributed by atoms with E-state index >= 15 is 0 Å². The van der Waals surface area contributed by atoms with Gasteiger partial charge in [-0.1, -0.05) is 49.2 Å². The fourth-order valence-electron chi connectivity index (χ4n) is 4.89. The van der Waals surface area contributed by atoms with Crippen molar-refractivity contribution in [1.82, 2.24) is 0 Å². The van der Waals surface area contributed by atoms with Crippen LogP contribution in [-0.4, -0.2) is 26.1 Å². The molecule has 4 rings (SSSR count). The Morgan fingerprint density at radius 2 is 1.65 bits per heavy atom. The average molecular weight is 457 g/mol. The number of fused-ring (bicyclic) bond motifs is 1. The lowest BCUT2D eigenvalue weighted by Crippen LogP contribution is -2.32. The molecule has 1 atom stereocenters. The standard InChI is InChI=1S/C30H36N2O2/c1-23-10-3-4-13-25(23)22-24-11-7-8-21-32(26-16-18-27(34-2)19-17-26)30(33)28-14-5-6-15-29(28)31-20-9-12-24/h3-6,10,13-19,24,31H,7-9,11-12,20-22H2,1-2H3. The van der Waals surface area contributed by atoms with Crippen molar-refractivity contribution in [1.29, 1.82) is 0 Å². The number of carbonyl (C=O) groups is 1. The second-order valence-corrected chi connectivity index (χ2v) is 9.26. The number of ether oxygens (including phenoxy) is 1. The van der Waals surface area contributed by atoms with Gasteiger partial charge < -0.3 is 15.0 Å². The highest BCUT2D eigenvalue weighted by Crippen LogP contribution is 2.27. The van der Waals surface area contributed by atoms with E-state index in [9.17, 15) is 4.79 Å². The normalized spacial score (nSPS) is 17.5. The number of nitrogens with zero attached hydrogens (tertiary/aromatic N) is 1. The van der Waals surface area contributed by atoms with Crippen LogP contribution in [0.2, 0.25) is 0 Å². The Hall–Kier alpha value is -3.27. The smallest absolute Gasteiger partial charge is 0.260 e. The minimum atomic E-state index is 0.0453. The molecule has 0 bridgehead atoms. The summed E-state index contributed by atoms with van der Waals surface area (Å²) in [6.07, 6.45) is 6.71. The Balaban J connectivity index is 1.56. The zero-order valence-electron chi connectivity index (χ0n) is 20.4. The summed E-state index contributed by atoms with van der Waals surface area (Å²) >= 11 is 0. The van der Waals surface area contributed by atoms with Gasteiger partial charge in [0, 0.05) is 24.5 Å². The summed E-state index contributed by atoms with van der Waals surface area (Å²) in [6, 6.07) is 24.5. The molecule has 1 aliphatic rings. The van der Waals surface area contributed by atoms with Gasteiger partial charge >= 0.3 is 0 Å². The molecule has 4 heteroatoms. The van der Waals surface area contributed by atoms with Gasteiger partial charge in [-0.3, -0.25) is 4.79 Å². The van der Waals surface area contributed by atoms with Crippen LogP contribution in [0.5, 0.6) is 5.75 Å². The van der Waals surface area contributed by atoms with E-state index in [1.54, 1.807) is 7.11 Å². The number of benzene rings is 3. The van der Waals surface area contributed by atoms with Crippen LogP contribution in [0.1, 0.15) is 53.6 Å². The van der Waals surface area contributed by atoms with Gasteiger partial charge in [-0.15, -0.1) is 0 Å². The van der Waals surface area contributed by atoms with E-state index in [0.29, 0.717) is 12.5 Å². The predicted octanol–water partition coefficient (Wildman–Crippen LogP) is 6.89. The van der Waals surface area contributed by atoms with E-state index in [0.717, 1.165) is 54.9 Å². The molecule has 1 amide bonds. The minimum absolute atomic E-state index is 0.0453. The monoisotopic (exact) mass is 456 g/mol. The third kappa shape index (κ3) is 5.99. The lowest BCUT2D eigenvalue weighted by Gasteiger charge is -2.24. The number of carbonyl (C=O) groups excluding carboxylic acids is 1.